The molecule has 6 atom stereocenters. The lowest BCUT2D eigenvalue weighted by atomic mass is 9.96. The first-order valence-electron chi connectivity index (χ1n) is 7.59. The van der Waals surface area contributed by atoms with Crippen molar-refractivity contribution >= 4 is 34.2 Å². The Labute approximate surface area is 171 Å². The van der Waals surface area contributed by atoms with E-state index in [1.807, 2.05) is 4.98 Å². The molecule has 0 radical (unpaired) electrons. The predicted molar refractivity (Wildman–Crippen MR) is 98.4 cm³/mol. The number of aliphatic hydroxyl groups is 2. The Morgan fingerprint density at radius 1 is 1.27 bits per heavy atom. The maximum absolute atomic E-state index is 11.9. The summed E-state index contributed by atoms with van der Waals surface area (Å²) in [5, 5.41) is 20.8. The van der Waals surface area contributed by atoms with Gasteiger partial charge in [-0.3, -0.25) is 14.3 Å². The van der Waals surface area contributed by atoms with Crippen LogP contribution in [0.15, 0.2) is 21.9 Å². The summed E-state index contributed by atoms with van der Waals surface area (Å²) in [6.07, 6.45) is -3.74. The molecule has 30 heavy (non-hydrogen) atoms. The zero-order valence-electron chi connectivity index (χ0n) is 14.7. The summed E-state index contributed by atoms with van der Waals surface area (Å²) in [7, 11) is -11.0. The molecule has 2 rings (SSSR count). The van der Waals surface area contributed by atoms with E-state index in [0.29, 0.717) is 0 Å². The molecule has 0 amide bonds. The Bertz CT molecular complexity index is 1050. The van der Waals surface area contributed by atoms with Crippen molar-refractivity contribution in [3.63, 3.8) is 0 Å². The van der Waals surface area contributed by atoms with Crippen LogP contribution in [0.4, 0.5) is 0 Å². The van der Waals surface area contributed by atoms with Crippen molar-refractivity contribution in [1.29, 1.82) is 0 Å². The SMILES string of the molecule is C[C@]1(O)C(n2ccc(=O)[nH]c2=O)OC(COP(O)(=S)OP(=O)(O)OP(=O)(O)O)[C@H]1O. The quantitative estimate of drug-likeness (QED) is 0.186. The molecule has 1 aromatic heterocycles. The summed E-state index contributed by atoms with van der Waals surface area (Å²) >= 11 is 4.43. The maximum Gasteiger partial charge on any atom is 0.488 e. The molecule has 0 aliphatic carbocycles. The Hall–Kier alpha value is -0.610. The second-order valence-electron chi connectivity index (χ2n) is 6.10. The van der Waals surface area contributed by atoms with Crippen LogP contribution in [-0.2, 0) is 38.8 Å². The molecule has 4 unspecified atom stereocenters. The number of nitrogens with one attached hydrogen (secondary N) is 1. The molecular formula is C10H17N2O14P3S. The van der Waals surface area contributed by atoms with Gasteiger partial charge < -0.3 is 39.0 Å². The summed E-state index contributed by atoms with van der Waals surface area (Å²) in [5.74, 6) is 0. The summed E-state index contributed by atoms with van der Waals surface area (Å²) in [4.78, 5) is 61.1. The van der Waals surface area contributed by atoms with E-state index in [4.69, 9.17) is 19.0 Å². The highest BCUT2D eigenvalue weighted by atomic mass is 32.5. The summed E-state index contributed by atoms with van der Waals surface area (Å²) in [5.41, 5.74) is -3.79. The first-order chi connectivity index (χ1) is 13.4. The molecule has 0 bridgehead atoms. The zero-order chi connectivity index (χ0) is 23.1. The summed E-state index contributed by atoms with van der Waals surface area (Å²) < 4.78 is 40.4. The molecule has 1 aliphatic rings. The smallest absolute Gasteiger partial charge is 0.387 e. The fourth-order valence-electron chi connectivity index (χ4n) is 2.46. The van der Waals surface area contributed by atoms with Gasteiger partial charge in [-0.1, -0.05) is 0 Å². The molecule has 7 N–H and O–H groups in total. The van der Waals surface area contributed by atoms with E-state index in [1.165, 1.54) is 0 Å². The van der Waals surface area contributed by atoms with Crippen molar-refractivity contribution < 1.29 is 56.8 Å². The number of aromatic nitrogens is 2. The molecule has 1 aliphatic heterocycles. The van der Waals surface area contributed by atoms with Crippen LogP contribution in [0.25, 0.3) is 0 Å². The topological polar surface area (TPSA) is 247 Å². The molecule has 20 heteroatoms. The van der Waals surface area contributed by atoms with Gasteiger partial charge in [0, 0.05) is 12.3 Å². The van der Waals surface area contributed by atoms with E-state index in [0.717, 1.165) is 23.8 Å². The minimum atomic E-state index is -5.53. The second kappa shape index (κ2) is 8.73. The molecule has 1 fully saturated rings. The second-order valence-corrected chi connectivity index (χ2v) is 11.9. The standard InChI is InChI=1S/C10H17N2O14P3S/c1-10(16)7(14)5(24-8(10)12-3-2-6(13)11-9(12)15)4-23-29(22,30)26-28(20,21)25-27(17,18)19/h2-3,5,7-8,14,16H,4H2,1H3,(H,20,21)(H,22,30)(H,11,13,15)(H2,17,18,19)/t5?,7-,8?,10-,29?/m1/s1. The summed E-state index contributed by atoms with van der Waals surface area (Å²) in [6.45, 7) is -4.42. The average molecular weight is 514 g/mol. The van der Waals surface area contributed by atoms with Gasteiger partial charge in [0.05, 0.1) is 6.61 Å². The number of aromatic amines is 1. The van der Waals surface area contributed by atoms with Crippen molar-refractivity contribution in [2.45, 2.75) is 31.0 Å². The highest BCUT2D eigenvalue weighted by molar-refractivity contribution is 8.08. The minimum Gasteiger partial charge on any atom is -0.387 e. The molecule has 0 spiro atoms. The highest BCUT2D eigenvalue weighted by Crippen LogP contribution is 2.66. The molecule has 0 aromatic carbocycles. The number of ether oxygens (including phenoxy) is 1. The Morgan fingerprint density at radius 2 is 1.87 bits per heavy atom. The van der Waals surface area contributed by atoms with Gasteiger partial charge >= 0.3 is 28.1 Å². The Kier molecular flexibility index (Phi) is 7.46. The van der Waals surface area contributed by atoms with Crippen molar-refractivity contribution in [1.82, 2.24) is 9.55 Å². The van der Waals surface area contributed by atoms with Crippen molar-refractivity contribution in [2.24, 2.45) is 0 Å². The van der Waals surface area contributed by atoms with Crippen LogP contribution in [0.5, 0.6) is 0 Å². The zero-order valence-corrected chi connectivity index (χ0v) is 18.2. The molecule has 2 heterocycles. The van der Waals surface area contributed by atoms with Gasteiger partial charge in [0.1, 0.15) is 17.8 Å². The van der Waals surface area contributed by atoms with E-state index in [2.05, 4.69) is 20.4 Å². The normalized spacial score (nSPS) is 31.2. The van der Waals surface area contributed by atoms with Crippen molar-refractivity contribution in [3.05, 3.63) is 33.1 Å². The molecule has 1 aromatic rings. The van der Waals surface area contributed by atoms with Crippen LogP contribution in [0.2, 0.25) is 0 Å². The van der Waals surface area contributed by atoms with Crippen molar-refractivity contribution in [2.75, 3.05) is 6.61 Å². The number of H-pyrrole nitrogens is 1. The third-order valence-electron chi connectivity index (χ3n) is 3.68. The van der Waals surface area contributed by atoms with Gasteiger partial charge in [-0.2, -0.15) is 4.31 Å². The number of hydrogen-bond donors (Lipinski definition) is 7. The first-order valence-corrected chi connectivity index (χ1v) is 13.2. The van der Waals surface area contributed by atoms with Gasteiger partial charge in [0.25, 0.3) is 5.56 Å². The first kappa shape index (κ1) is 25.6. The lowest BCUT2D eigenvalue weighted by Crippen LogP contribution is -2.46. The number of nitrogens with zero attached hydrogens (tertiary/aromatic N) is 1. The number of aliphatic hydroxyl groups excluding tert-OH is 1. The van der Waals surface area contributed by atoms with Crippen LogP contribution >= 0.6 is 22.4 Å². The largest absolute Gasteiger partial charge is 0.488 e. The monoisotopic (exact) mass is 514 g/mol. The third-order valence-corrected chi connectivity index (χ3v) is 8.40. The third kappa shape index (κ3) is 6.45. The fraction of sp³-hybridized carbons (Fsp3) is 0.600. The van der Waals surface area contributed by atoms with E-state index in [1.54, 1.807) is 0 Å². The lowest BCUT2D eigenvalue weighted by Gasteiger charge is -2.27. The Morgan fingerprint density at radius 3 is 2.40 bits per heavy atom. The van der Waals surface area contributed by atoms with Crippen LogP contribution in [-0.4, -0.2) is 63.8 Å². The van der Waals surface area contributed by atoms with Crippen LogP contribution in [0.3, 0.4) is 0 Å². The van der Waals surface area contributed by atoms with Crippen LogP contribution in [0, 0.1) is 0 Å². The van der Waals surface area contributed by atoms with E-state index >= 15 is 0 Å². The Balaban J connectivity index is 2.13. The number of phosphoric acid groups is 2. The molecular weight excluding hydrogens is 497 g/mol. The lowest BCUT2D eigenvalue weighted by molar-refractivity contribution is -0.0985. The van der Waals surface area contributed by atoms with E-state index in [-0.39, 0.29) is 0 Å². The highest BCUT2D eigenvalue weighted by Gasteiger charge is 2.54. The molecule has 172 valence electrons. The number of hydrogen-bond acceptors (Lipinski definition) is 11. The minimum absolute atomic E-state index is 0.724. The van der Waals surface area contributed by atoms with Crippen LogP contribution in [0.1, 0.15) is 13.2 Å². The fourth-order valence-corrected chi connectivity index (χ4v) is 6.43. The van der Waals surface area contributed by atoms with Gasteiger partial charge in [0.15, 0.2) is 6.23 Å². The van der Waals surface area contributed by atoms with Gasteiger partial charge in [-0.25, -0.2) is 18.2 Å². The van der Waals surface area contributed by atoms with Crippen molar-refractivity contribution in [3.8, 4) is 0 Å². The maximum atomic E-state index is 11.9. The van der Waals surface area contributed by atoms with Gasteiger partial charge in [0.2, 0.25) is 0 Å². The van der Waals surface area contributed by atoms with Gasteiger partial charge in [-0.05, 0) is 18.7 Å². The molecule has 16 nitrogen and oxygen atoms in total. The predicted octanol–water partition coefficient (Wildman–Crippen LogP) is -1.99. The average Bonchev–Trinajstić information content (AvgIpc) is 2.73. The molecule has 0 saturated carbocycles. The summed E-state index contributed by atoms with van der Waals surface area (Å²) in [6, 6.07) is 0.957. The van der Waals surface area contributed by atoms with Crippen LogP contribution < -0.4 is 11.2 Å². The number of rotatable bonds is 8. The van der Waals surface area contributed by atoms with Gasteiger partial charge in [-0.15, -0.1) is 0 Å². The van der Waals surface area contributed by atoms with E-state index in [9.17, 15) is 38.7 Å². The van der Waals surface area contributed by atoms with E-state index < -0.39 is 64.3 Å². The molecule has 1 saturated heterocycles.